The molecule has 0 spiro atoms. The SMILES string of the molecule is Nc1ccc(CC(=O)OCc2cccc(Cl)c2)nc1. The van der Waals surface area contributed by atoms with Crippen molar-refractivity contribution in [3.63, 3.8) is 0 Å². The van der Waals surface area contributed by atoms with E-state index in [9.17, 15) is 4.79 Å². The van der Waals surface area contributed by atoms with Gasteiger partial charge in [-0.25, -0.2) is 0 Å². The van der Waals surface area contributed by atoms with Crippen LogP contribution in [0.2, 0.25) is 5.02 Å². The minimum atomic E-state index is -0.336. The number of ether oxygens (including phenoxy) is 1. The van der Waals surface area contributed by atoms with Crippen molar-refractivity contribution in [3.8, 4) is 0 Å². The quantitative estimate of drug-likeness (QED) is 0.872. The van der Waals surface area contributed by atoms with E-state index in [4.69, 9.17) is 22.1 Å². The van der Waals surface area contributed by atoms with Crippen molar-refractivity contribution in [1.82, 2.24) is 4.98 Å². The molecule has 0 aliphatic carbocycles. The Hall–Kier alpha value is -2.07. The number of hydrogen-bond donors (Lipinski definition) is 1. The van der Waals surface area contributed by atoms with Gasteiger partial charge in [-0.05, 0) is 29.8 Å². The van der Waals surface area contributed by atoms with Gasteiger partial charge in [0, 0.05) is 5.02 Å². The van der Waals surface area contributed by atoms with Gasteiger partial charge in [0.1, 0.15) is 6.61 Å². The second-order valence-electron chi connectivity index (χ2n) is 4.05. The Balaban J connectivity index is 1.86. The zero-order valence-electron chi connectivity index (χ0n) is 10.2. The Morgan fingerprint density at radius 1 is 1.32 bits per heavy atom. The molecular weight excluding hydrogens is 264 g/mol. The molecule has 0 amide bonds. The molecule has 0 atom stereocenters. The lowest BCUT2D eigenvalue weighted by Gasteiger charge is -2.05. The van der Waals surface area contributed by atoms with E-state index in [1.54, 1.807) is 24.3 Å². The van der Waals surface area contributed by atoms with Crippen LogP contribution >= 0.6 is 11.6 Å². The summed E-state index contributed by atoms with van der Waals surface area (Å²) in [7, 11) is 0. The van der Waals surface area contributed by atoms with Gasteiger partial charge in [0.15, 0.2) is 0 Å². The van der Waals surface area contributed by atoms with Gasteiger partial charge < -0.3 is 10.5 Å². The second-order valence-corrected chi connectivity index (χ2v) is 4.49. The Kier molecular flexibility index (Phi) is 4.36. The number of carbonyl (C=O) groups excluding carboxylic acids is 1. The molecule has 1 aromatic carbocycles. The van der Waals surface area contributed by atoms with Crippen molar-refractivity contribution in [2.24, 2.45) is 0 Å². The first-order valence-corrected chi connectivity index (χ1v) is 6.12. The van der Waals surface area contributed by atoms with Crippen LogP contribution in [-0.4, -0.2) is 11.0 Å². The lowest BCUT2D eigenvalue weighted by Crippen LogP contribution is -2.09. The van der Waals surface area contributed by atoms with Crippen LogP contribution in [0.3, 0.4) is 0 Å². The van der Waals surface area contributed by atoms with Crippen LogP contribution in [0.5, 0.6) is 0 Å². The Morgan fingerprint density at radius 3 is 2.84 bits per heavy atom. The number of rotatable bonds is 4. The number of benzene rings is 1. The van der Waals surface area contributed by atoms with Gasteiger partial charge in [0.25, 0.3) is 0 Å². The zero-order chi connectivity index (χ0) is 13.7. The molecule has 19 heavy (non-hydrogen) atoms. The zero-order valence-corrected chi connectivity index (χ0v) is 10.9. The van der Waals surface area contributed by atoms with Crippen molar-refractivity contribution in [2.75, 3.05) is 5.73 Å². The summed E-state index contributed by atoms with van der Waals surface area (Å²) in [5.74, 6) is -0.336. The number of nitrogens with two attached hydrogens (primary N) is 1. The molecule has 0 saturated carbocycles. The number of nitrogens with zero attached hydrogens (tertiary/aromatic N) is 1. The fourth-order valence-electron chi connectivity index (χ4n) is 1.53. The van der Waals surface area contributed by atoms with Crippen molar-refractivity contribution in [2.45, 2.75) is 13.0 Å². The molecule has 4 nitrogen and oxygen atoms in total. The Labute approximate surface area is 116 Å². The first-order chi connectivity index (χ1) is 9.13. The largest absolute Gasteiger partial charge is 0.461 e. The predicted molar refractivity (Wildman–Crippen MR) is 73.6 cm³/mol. The molecule has 0 fully saturated rings. The van der Waals surface area contributed by atoms with Gasteiger partial charge in [-0.2, -0.15) is 0 Å². The standard InChI is InChI=1S/C14H13ClN2O2/c15-11-3-1-2-10(6-11)9-19-14(18)7-13-5-4-12(16)8-17-13/h1-6,8H,7,9,16H2. The van der Waals surface area contributed by atoms with Crippen LogP contribution in [0.25, 0.3) is 0 Å². The maximum atomic E-state index is 11.6. The maximum Gasteiger partial charge on any atom is 0.312 e. The molecule has 5 heteroatoms. The first-order valence-electron chi connectivity index (χ1n) is 5.74. The third-order valence-corrected chi connectivity index (χ3v) is 2.70. The van der Waals surface area contributed by atoms with E-state index in [2.05, 4.69) is 4.98 Å². The van der Waals surface area contributed by atoms with E-state index >= 15 is 0 Å². The smallest absolute Gasteiger partial charge is 0.312 e. The fraction of sp³-hybridized carbons (Fsp3) is 0.143. The summed E-state index contributed by atoms with van der Waals surface area (Å²) >= 11 is 5.84. The molecule has 0 aliphatic rings. The summed E-state index contributed by atoms with van der Waals surface area (Å²) in [6, 6.07) is 10.6. The highest BCUT2D eigenvalue weighted by molar-refractivity contribution is 6.30. The van der Waals surface area contributed by atoms with Crippen LogP contribution in [0.15, 0.2) is 42.6 Å². The van der Waals surface area contributed by atoms with Crippen LogP contribution in [-0.2, 0) is 22.6 Å². The van der Waals surface area contributed by atoms with Crippen LogP contribution in [0.1, 0.15) is 11.3 Å². The molecule has 98 valence electrons. The van der Waals surface area contributed by atoms with Crippen LogP contribution in [0.4, 0.5) is 5.69 Å². The molecule has 2 aromatic rings. The van der Waals surface area contributed by atoms with Gasteiger partial charge in [-0.1, -0.05) is 23.7 Å². The first kappa shape index (κ1) is 13.4. The average molecular weight is 277 g/mol. The summed E-state index contributed by atoms with van der Waals surface area (Å²) in [5.41, 5.74) is 7.56. The number of esters is 1. The van der Waals surface area contributed by atoms with E-state index in [1.165, 1.54) is 6.20 Å². The van der Waals surface area contributed by atoms with Crippen molar-refractivity contribution >= 4 is 23.3 Å². The molecule has 0 saturated heterocycles. The van der Waals surface area contributed by atoms with E-state index in [-0.39, 0.29) is 19.0 Å². The molecule has 2 rings (SSSR count). The Bertz CT molecular complexity index is 570. The highest BCUT2D eigenvalue weighted by Crippen LogP contribution is 2.12. The van der Waals surface area contributed by atoms with Crippen molar-refractivity contribution < 1.29 is 9.53 Å². The Morgan fingerprint density at radius 2 is 2.16 bits per heavy atom. The average Bonchev–Trinajstić information content (AvgIpc) is 2.39. The molecule has 0 aliphatic heterocycles. The number of carbonyl (C=O) groups is 1. The van der Waals surface area contributed by atoms with E-state index in [1.807, 2.05) is 12.1 Å². The predicted octanol–water partition coefficient (Wildman–Crippen LogP) is 2.60. The molecule has 1 heterocycles. The highest BCUT2D eigenvalue weighted by Gasteiger charge is 2.06. The highest BCUT2D eigenvalue weighted by atomic mass is 35.5. The lowest BCUT2D eigenvalue weighted by atomic mass is 10.2. The van der Waals surface area contributed by atoms with Gasteiger partial charge in [-0.3, -0.25) is 9.78 Å². The third kappa shape index (κ3) is 4.26. The van der Waals surface area contributed by atoms with Crippen molar-refractivity contribution in [1.29, 1.82) is 0 Å². The second kappa shape index (κ2) is 6.20. The van der Waals surface area contributed by atoms with Crippen molar-refractivity contribution in [3.05, 3.63) is 58.9 Å². The van der Waals surface area contributed by atoms with Crippen LogP contribution in [0, 0.1) is 0 Å². The topological polar surface area (TPSA) is 65.2 Å². The van der Waals surface area contributed by atoms with Crippen LogP contribution < -0.4 is 5.73 Å². The number of pyridine rings is 1. The van der Waals surface area contributed by atoms with Gasteiger partial charge in [0.2, 0.25) is 0 Å². The summed E-state index contributed by atoms with van der Waals surface area (Å²) in [6.45, 7) is 0.203. The minimum Gasteiger partial charge on any atom is -0.461 e. The number of anilines is 1. The van der Waals surface area contributed by atoms with Gasteiger partial charge in [-0.15, -0.1) is 0 Å². The summed E-state index contributed by atoms with van der Waals surface area (Å²) in [6.07, 6.45) is 1.64. The van der Waals surface area contributed by atoms with E-state index in [0.29, 0.717) is 16.4 Å². The summed E-state index contributed by atoms with van der Waals surface area (Å²) in [4.78, 5) is 15.7. The summed E-state index contributed by atoms with van der Waals surface area (Å²) < 4.78 is 5.15. The number of nitrogen functional groups attached to an aromatic ring is 1. The lowest BCUT2D eigenvalue weighted by molar-refractivity contribution is -0.144. The molecular formula is C14H13ClN2O2. The number of aromatic nitrogens is 1. The molecule has 2 N–H and O–H groups in total. The minimum absolute atomic E-state index is 0.126. The normalized spacial score (nSPS) is 10.2. The van der Waals surface area contributed by atoms with E-state index in [0.717, 1.165) is 5.56 Å². The number of halogens is 1. The third-order valence-electron chi connectivity index (χ3n) is 2.46. The molecule has 0 radical (unpaired) electrons. The van der Waals surface area contributed by atoms with E-state index < -0.39 is 0 Å². The molecule has 0 unspecified atom stereocenters. The maximum absolute atomic E-state index is 11.6. The van der Waals surface area contributed by atoms with Gasteiger partial charge in [0.05, 0.1) is 24.0 Å². The van der Waals surface area contributed by atoms with Gasteiger partial charge >= 0.3 is 5.97 Å². The molecule has 1 aromatic heterocycles. The molecule has 0 bridgehead atoms. The monoisotopic (exact) mass is 276 g/mol. The fourth-order valence-corrected chi connectivity index (χ4v) is 1.74. The summed E-state index contributed by atoms with van der Waals surface area (Å²) in [5, 5.41) is 0.619. The number of hydrogen-bond acceptors (Lipinski definition) is 4.